The van der Waals surface area contributed by atoms with Crippen molar-refractivity contribution < 1.29 is 0 Å². The monoisotopic (exact) mass is 209 g/mol. The summed E-state index contributed by atoms with van der Waals surface area (Å²) in [4.78, 5) is 12.2. The Balaban J connectivity index is 2.55. The van der Waals surface area contributed by atoms with Crippen LogP contribution in [0.25, 0.3) is 5.82 Å². The van der Waals surface area contributed by atoms with Gasteiger partial charge in [-0.15, -0.1) is 11.6 Å². The highest BCUT2D eigenvalue weighted by Gasteiger charge is 2.06. The number of halogens is 1. The number of alkyl halides is 1. The maximum absolute atomic E-state index is 5.76. The SMILES string of the molecule is Cc1ncc(CCl)c(-n2cncn2)n1. The number of hydrogen-bond donors (Lipinski definition) is 0. The Morgan fingerprint density at radius 1 is 1.50 bits per heavy atom. The Morgan fingerprint density at radius 2 is 2.36 bits per heavy atom. The molecule has 0 unspecified atom stereocenters. The number of aryl methyl sites for hydroxylation is 1. The van der Waals surface area contributed by atoms with E-state index in [2.05, 4.69) is 20.1 Å². The molecule has 2 rings (SSSR count). The Bertz CT molecular complexity index is 425. The van der Waals surface area contributed by atoms with E-state index < -0.39 is 0 Å². The van der Waals surface area contributed by atoms with Gasteiger partial charge in [0, 0.05) is 11.8 Å². The number of nitrogens with zero attached hydrogens (tertiary/aromatic N) is 5. The van der Waals surface area contributed by atoms with E-state index in [4.69, 9.17) is 11.6 Å². The minimum Gasteiger partial charge on any atom is -0.241 e. The van der Waals surface area contributed by atoms with E-state index >= 15 is 0 Å². The Kier molecular flexibility index (Phi) is 2.41. The summed E-state index contributed by atoms with van der Waals surface area (Å²) in [6, 6.07) is 0. The first-order chi connectivity index (χ1) is 6.81. The van der Waals surface area contributed by atoms with Crippen LogP contribution < -0.4 is 0 Å². The molecule has 0 N–H and O–H groups in total. The fraction of sp³-hybridized carbons (Fsp3) is 0.250. The van der Waals surface area contributed by atoms with E-state index in [9.17, 15) is 0 Å². The van der Waals surface area contributed by atoms with Crippen LogP contribution in [0.1, 0.15) is 11.4 Å². The quantitative estimate of drug-likeness (QED) is 0.696. The third-order valence-electron chi connectivity index (χ3n) is 1.74. The van der Waals surface area contributed by atoms with E-state index in [0.717, 1.165) is 5.56 Å². The predicted octanol–water partition coefficient (Wildman–Crippen LogP) is 1.10. The lowest BCUT2D eigenvalue weighted by atomic mass is 10.3. The first-order valence-electron chi connectivity index (χ1n) is 4.04. The Hall–Kier alpha value is -1.49. The van der Waals surface area contributed by atoms with Crippen molar-refractivity contribution in [3.8, 4) is 5.82 Å². The van der Waals surface area contributed by atoms with Gasteiger partial charge in [0.1, 0.15) is 18.5 Å². The molecule has 0 amide bonds. The zero-order valence-electron chi connectivity index (χ0n) is 7.55. The van der Waals surface area contributed by atoms with Crippen molar-refractivity contribution >= 4 is 11.6 Å². The topological polar surface area (TPSA) is 56.5 Å². The molecule has 14 heavy (non-hydrogen) atoms. The molecule has 0 aliphatic rings. The van der Waals surface area contributed by atoms with Crippen molar-refractivity contribution in [2.75, 3.05) is 0 Å². The molecule has 0 atom stereocenters. The van der Waals surface area contributed by atoms with Crippen LogP contribution in [0.2, 0.25) is 0 Å². The molecule has 2 aromatic heterocycles. The molecule has 5 nitrogen and oxygen atoms in total. The average molecular weight is 210 g/mol. The predicted molar refractivity (Wildman–Crippen MR) is 51.2 cm³/mol. The van der Waals surface area contributed by atoms with Crippen LogP contribution in [0.5, 0.6) is 0 Å². The summed E-state index contributed by atoms with van der Waals surface area (Å²) in [7, 11) is 0. The van der Waals surface area contributed by atoms with E-state index in [1.165, 1.54) is 6.33 Å². The van der Waals surface area contributed by atoms with Crippen molar-refractivity contribution in [2.24, 2.45) is 0 Å². The van der Waals surface area contributed by atoms with Gasteiger partial charge < -0.3 is 0 Å². The van der Waals surface area contributed by atoms with Crippen LogP contribution in [0, 0.1) is 6.92 Å². The molecule has 2 heterocycles. The highest BCUT2D eigenvalue weighted by atomic mass is 35.5. The molecule has 0 spiro atoms. The second kappa shape index (κ2) is 3.71. The highest BCUT2D eigenvalue weighted by molar-refractivity contribution is 6.17. The van der Waals surface area contributed by atoms with Crippen LogP contribution in [-0.4, -0.2) is 24.7 Å². The molecule has 0 aliphatic carbocycles. The lowest BCUT2D eigenvalue weighted by molar-refractivity contribution is 0.814. The molecule has 0 fully saturated rings. The first kappa shape index (κ1) is 9.08. The van der Waals surface area contributed by atoms with Gasteiger partial charge in [-0.25, -0.2) is 19.6 Å². The Labute approximate surface area is 85.8 Å². The summed E-state index contributed by atoms with van der Waals surface area (Å²) < 4.78 is 1.58. The van der Waals surface area contributed by atoms with E-state index in [-0.39, 0.29) is 0 Å². The molecule has 0 saturated heterocycles. The molecular weight excluding hydrogens is 202 g/mol. The number of rotatable bonds is 2. The van der Waals surface area contributed by atoms with Crippen molar-refractivity contribution in [1.29, 1.82) is 0 Å². The maximum atomic E-state index is 5.76. The normalized spacial score (nSPS) is 10.4. The largest absolute Gasteiger partial charge is 0.241 e. The minimum absolute atomic E-state index is 0.357. The van der Waals surface area contributed by atoms with Gasteiger partial charge in [0.25, 0.3) is 0 Å². The summed E-state index contributed by atoms with van der Waals surface area (Å²) in [5.41, 5.74) is 0.836. The van der Waals surface area contributed by atoms with Crippen LogP contribution in [-0.2, 0) is 5.88 Å². The highest BCUT2D eigenvalue weighted by Crippen LogP contribution is 2.11. The average Bonchev–Trinajstić information content (AvgIpc) is 2.70. The number of hydrogen-bond acceptors (Lipinski definition) is 4. The third-order valence-corrected chi connectivity index (χ3v) is 2.03. The molecule has 0 aromatic carbocycles. The zero-order chi connectivity index (χ0) is 9.97. The van der Waals surface area contributed by atoms with Crippen LogP contribution in [0.15, 0.2) is 18.9 Å². The van der Waals surface area contributed by atoms with Gasteiger partial charge in [0.15, 0.2) is 5.82 Å². The van der Waals surface area contributed by atoms with Crippen molar-refractivity contribution in [3.63, 3.8) is 0 Å². The summed E-state index contributed by atoms with van der Waals surface area (Å²) >= 11 is 5.76. The van der Waals surface area contributed by atoms with Gasteiger partial charge >= 0.3 is 0 Å². The standard InChI is InChI=1S/C8H8ClN5/c1-6-11-3-7(2-9)8(13-6)14-5-10-4-12-14/h3-5H,2H2,1H3. The van der Waals surface area contributed by atoms with E-state index in [0.29, 0.717) is 17.5 Å². The summed E-state index contributed by atoms with van der Waals surface area (Å²) in [5.74, 6) is 1.73. The van der Waals surface area contributed by atoms with E-state index in [1.807, 2.05) is 6.92 Å². The maximum Gasteiger partial charge on any atom is 0.163 e. The summed E-state index contributed by atoms with van der Waals surface area (Å²) in [6.45, 7) is 1.82. The Morgan fingerprint density at radius 3 is 3.00 bits per heavy atom. The molecule has 0 saturated carbocycles. The van der Waals surface area contributed by atoms with Crippen LogP contribution in [0.3, 0.4) is 0 Å². The van der Waals surface area contributed by atoms with Gasteiger partial charge in [0.2, 0.25) is 0 Å². The smallest absolute Gasteiger partial charge is 0.163 e. The van der Waals surface area contributed by atoms with Gasteiger partial charge in [0.05, 0.1) is 5.88 Å². The van der Waals surface area contributed by atoms with Gasteiger partial charge in [-0.05, 0) is 6.92 Å². The lowest BCUT2D eigenvalue weighted by Gasteiger charge is -2.04. The minimum atomic E-state index is 0.357. The molecule has 6 heteroatoms. The molecular formula is C8H8ClN5. The second-order valence-corrected chi connectivity index (χ2v) is 3.01. The van der Waals surface area contributed by atoms with Crippen LogP contribution >= 0.6 is 11.6 Å². The van der Waals surface area contributed by atoms with Gasteiger partial charge in [-0.2, -0.15) is 5.10 Å². The van der Waals surface area contributed by atoms with Crippen molar-refractivity contribution in [2.45, 2.75) is 12.8 Å². The third kappa shape index (κ3) is 1.58. The molecule has 0 bridgehead atoms. The molecule has 0 radical (unpaired) electrons. The summed E-state index contributed by atoms with van der Waals surface area (Å²) in [5, 5.41) is 3.99. The second-order valence-electron chi connectivity index (χ2n) is 2.74. The van der Waals surface area contributed by atoms with Crippen molar-refractivity contribution in [1.82, 2.24) is 24.7 Å². The first-order valence-corrected chi connectivity index (χ1v) is 4.58. The summed E-state index contributed by atoms with van der Waals surface area (Å²) in [6.07, 6.45) is 4.74. The molecule has 72 valence electrons. The van der Waals surface area contributed by atoms with Gasteiger partial charge in [-0.1, -0.05) is 0 Å². The lowest BCUT2D eigenvalue weighted by Crippen LogP contribution is -2.05. The molecule has 0 aliphatic heterocycles. The number of aromatic nitrogens is 5. The zero-order valence-corrected chi connectivity index (χ0v) is 8.31. The van der Waals surface area contributed by atoms with Gasteiger partial charge in [-0.3, -0.25) is 0 Å². The van der Waals surface area contributed by atoms with Crippen molar-refractivity contribution in [3.05, 3.63) is 30.2 Å². The van der Waals surface area contributed by atoms with Crippen LogP contribution in [0.4, 0.5) is 0 Å². The fourth-order valence-electron chi connectivity index (χ4n) is 1.09. The van der Waals surface area contributed by atoms with E-state index in [1.54, 1.807) is 17.2 Å². The molecule has 2 aromatic rings. The fourth-order valence-corrected chi connectivity index (χ4v) is 1.28.